The minimum atomic E-state index is 0.125. The Morgan fingerprint density at radius 1 is 1.22 bits per heavy atom. The standard InChI is InChI=1S/C15H20N2O/c18-15(10-16-8-11-5-6-11)17-9-13-7-12-3-1-2-4-14(12)13/h1-4,11,13,16H,5-10H2,(H,17,18). The van der Waals surface area contributed by atoms with E-state index in [1.54, 1.807) is 0 Å². The second-order valence-electron chi connectivity index (χ2n) is 5.48. The average Bonchev–Trinajstić information content (AvgIpc) is 3.14. The van der Waals surface area contributed by atoms with E-state index in [0.29, 0.717) is 12.5 Å². The molecule has 3 rings (SSSR count). The summed E-state index contributed by atoms with van der Waals surface area (Å²) >= 11 is 0. The molecule has 2 aliphatic rings. The number of amides is 1. The van der Waals surface area contributed by atoms with Crippen LogP contribution in [0.3, 0.4) is 0 Å². The Bertz CT molecular complexity index is 440. The van der Waals surface area contributed by atoms with Gasteiger partial charge >= 0.3 is 0 Å². The van der Waals surface area contributed by atoms with E-state index in [9.17, 15) is 4.79 Å². The van der Waals surface area contributed by atoms with Crippen LogP contribution in [-0.4, -0.2) is 25.5 Å². The number of rotatable bonds is 6. The summed E-state index contributed by atoms with van der Waals surface area (Å²) in [5, 5.41) is 6.23. The summed E-state index contributed by atoms with van der Waals surface area (Å²) in [5.74, 6) is 1.48. The van der Waals surface area contributed by atoms with Gasteiger partial charge in [-0.05, 0) is 42.9 Å². The first-order valence-electron chi connectivity index (χ1n) is 6.88. The maximum absolute atomic E-state index is 11.6. The second kappa shape index (κ2) is 5.11. The van der Waals surface area contributed by atoms with E-state index < -0.39 is 0 Å². The summed E-state index contributed by atoms with van der Waals surface area (Å²) in [7, 11) is 0. The second-order valence-corrected chi connectivity index (χ2v) is 5.48. The molecule has 96 valence electrons. The molecule has 3 heteroatoms. The van der Waals surface area contributed by atoms with E-state index in [4.69, 9.17) is 0 Å². The maximum Gasteiger partial charge on any atom is 0.233 e. The van der Waals surface area contributed by atoms with Crippen LogP contribution in [0.2, 0.25) is 0 Å². The minimum Gasteiger partial charge on any atom is -0.354 e. The summed E-state index contributed by atoms with van der Waals surface area (Å²) < 4.78 is 0. The summed E-state index contributed by atoms with van der Waals surface area (Å²) in [5.41, 5.74) is 2.84. The van der Waals surface area contributed by atoms with Crippen molar-refractivity contribution in [2.24, 2.45) is 5.92 Å². The van der Waals surface area contributed by atoms with Crippen LogP contribution < -0.4 is 10.6 Å². The molecular formula is C15H20N2O. The number of hydrogen-bond donors (Lipinski definition) is 2. The molecule has 1 aromatic rings. The van der Waals surface area contributed by atoms with E-state index >= 15 is 0 Å². The number of nitrogens with one attached hydrogen (secondary N) is 2. The zero-order valence-corrected chi connectivity index (χ0v) is 10.6. The fraction of sp³-hybridized carbons (Fsp3) is 0.533. The summed E-state index contributed by atoms with van der Waals surface area (Å²) in [4.78, 5) is 11.6. The minimum absolute atomic E-state index is 0.125. The highest BCUT2D eigenvalue weighted by molar-refractivity contribution is 5.78. The van der Waals surface area contributed by atoms with Gasteiger partial charge in [-0.25, -0.2) is 0 Å². The van der Waals surface area contributed by atoms with Gasteiger partial charge < -0.3 is 10.6 Å². The number of carbonyl (C=O) groups excluding carboxylic acids is 1. The first kappa shape index (κ1) is 11.7. The van der Waals surface area contributed by atoms with Crippen LogP contribution >= 0.6 is 0 Å². The SMILES string of the molecule is O=C(CNCC1CC1)NCC1Cc2ccccc21. The number of hydrogen-bond acceptors (Lipinski definition) is 2. The van der Waals surface area contributed by atoms with Crippen LogP contribution in [0.4, 0.5) is 0 Å². The zero-order valence-electron chi connectivity index (χ0n) is 10.6. The Kier molecular flexibility index (Phi) is 3.33. The quantitative estimate of drug-likeness (QED) is 0.795. The predicted octanol–water partition coefficient (Wildman–Crippen LogP) is 1.44. The molecular weight excluding hydrogens is 224 g/mol. The Morgan fingerprint density at radius 3 is 2.83 bits per heavy atom. The zero-order chi connectivity index (χ0) is 12.4. The topological polar surface area (TPSA) is 41.1 Å². The normalized spacial score (nSPS) is 21.0. The molecule has 1 atom stereocenters. The highest BCUT2D eigenvalue weighted by atomic mass is 16.1. The number of benzene rings is 1. The highest BCUT2D eigenvalue weighted by Gasteiger charge is 2.25. The van der Waals surface area contributed by atoms with E-state index in [1.165, 1.54) is 24.0 Å². The molecule has 0 aliphatic heterocycles. The average molecular weight is 244 g/mol. The van der Waals surface area contributed by atoms with Crippen molar-refractivity contribution < 1.29 is 4.79 Å². The van der Waals surface area contributed by atoms with Gasteiger partial charge in [0.2, 0.25) is 5.91 Å². The van der Waals surface area contributed by atoms with Gasteiger partial charge in [0, 0.05) is 12.5 Å². The first-order chi connectivity index (χ1) is 8.83. The smallest absolute Gasteiger partial charge is 0.233 e. The van der Waals surface area contributed by atoms with Gasteiger partial charge in [0.05, 0.1) is 6.54 Å². The molecule has 0 bridgehead atoms. The Morgan fingerprint density at radius 2 is 2.06 bits per heavy atom. The maximum atomic E-state index is 11.6. The molecule has 1 aromatic carbocycles. The van der Waals surface area contributed by atoms with E-state index in [0.717, 1.165) is 25.4 Å². The van der Waals surface area contributed by atoms with E-state index in [-0.39, 0.29) is 5.91 Å². The van der Waals surface area contributed by atoms with Gasteiger partial charge in [-0.2, -0.15) is 0 Å². The lowest BCUT2D eigenvalue weighted by atomic mass is 9.77. The van der Waals surface area contributed by atoms with Gasteiger partial charge in [0.25, 0.3) is 0 Å². The highest BCUT2D eigenvalue weighted by Crippen LogP contribution is 2.33. The molecule has 2 N–H and O–H groups in total. The van der Waals surface area contributed by atoms with Crippen molar-refractivity contribution in [1.82, 2.24) is 10.6 Å². The van der Waals surface area contributed by atoms with Crippen molar-refractivity contribution in [3.8, 4) is 0 Å². The predicted molar refractivity (Wildman–Crippen MR) is 71.5 cm³/mol. The molecule has 1 fully saturated rings. The lowest BCUT2D eigenvalue weighted by Crippen LogP contribution is -2.38. The molecule has 0 heterocycles. The van der Waals surface area contributed by atoms with Crippen LogP contribution in [0.5, 0.6) is 0 Å². The Hall–Kier alpha value is -1.35. The molecule has 2 aliphatic carbocycles. The third-order valence-corrected chi connectivity index (χ3v) is 3.92. The van der Waals surface area contributed by atoms with Crippen molar-refractivity contribution in [3.05, 3.63) is 35.4 Å². The molecule has 0 saturated heterocycles. The van der Waals surface area contributed by atoms with Gasteiger partial charge in [0.1, 0.15) is 0 Å². The van der Waals surface area contributed by atoms with Gasteiger partial charge in [-0.1, -0.05) is 24.3 Å². The monoisotopic (exact) mass is 244 g/mol. The third kappa shape index (κ3) is 2.72. The van der Waals surface area contributed by atoms with Crippen LogP contribution in [0.15, 0.2) is 24.3 Å². The molecule has 1 unspecified atom stereocenters. The molecule has 0 aromatic heterocycles. The van der Waals surface area contributed by atoms with E-state index in [1.807, 2.05) is 0 Å². The number of fused-ring (bicyclic) bond motifs is 1. The van der Waals surface area contributed by atoms with Crippen molar-refractivity contribution in [2.45, 2.75) is 25.2 Å². The number of carbonyl (C=O) groups is 1. The van der Waals surface area contributed by atoms with Crippen molar-refractivity contribution in [2.75, 3.05) is 19.6 Å². The molecule has 0 spiro atoms. The molecule has 3 nitrogen and oxygen atoms in total. The summed E-state index contributed by atoms with van der Waals surface area (Å²) in [6, 6.07) is 8.49. The fourth-order valence-electron chi connectivity index (χ4n) is 2.56. The van der Waals surface area contributed by atoms with Gasteiger partial charge in [-0.3, -0.25) is 4.79 Å². The Balaban J connectivity index is 1.36. The lowest BCUT2D eigenvalue weighted by molar-refractivity contribution is -0.120. The van der Waals surface area contributed by atoms with Crippen LogP contribution in [0, 0.1) is 5.92 Å². The molecule has 18 heavy (non-hydrogen) atoms. The Labute approximate surface area is 108 Å². The molecule has 1 saturated carbocycles. The molecule has 0 radical (unpaired) electrons. The summed E-state index contributed by atoms with van der Waals surface area (Å²) in [6.45, 7) is 2.24. The lowest BCUT2D eigenvalue weighted by Gasteiger charge is -2.30. The van der Waals surface area contributed by atoms with Gasteiger partial charge in [0.15, 0.2) is 0 Å². The largest absolute Gasteiger partial charge is 0.354 e. The third-order valence-electron chi connectivity index (χ3n) is 3.92. The van der Waals surface area contributed by atoms with Crippen molar-refractivity contribution >= 4 is 5.91 Å². The first-order valence-corrected chi connectivity index (χ1v) is 6.88. The van der Waals surface area contributed by atoms with Gasteiger partial charge in [-0.15, -0.1) is 0 Å². The molecule has 1 amide bonds. The summed E-state index contributed by atoms with van der Waals surface area (Å²) in [6.07, 6.45) is 3.76. The van der Waals surface area contributed by atoms with Crippen LogP contribution in [-0.2, 0) is 11.2 Å². The van der Waals surface area contributed by atoms with Crippen LogP contribution in [0.25, 0.3) is 0 Å². The van der Waals surface area contributed by atoms with E-state index in [2.05, 4.69) is 34.9 Å². The van der Waals surface area contributed by atoms with Crippen LogP contribution in [0.1, 0.15) is 29.9 Å². The van der Waals surface area contributed by atoms with Crippen molar-refractivity contribution in [1.29, 1.82) is 0 Å². The fourth-order valence-corrected chi connectivity index (χ4v) is 2.56. The van der Waals surface area contributed by atoms with Crippen molar-refractivity contribution in [3.63, 3.8) is 0 Å².